The van der Waals surface area contributed by atoms with Crippen LogP contribution >= 0.6 is 0 Å². The van der Waals surface area contributed by atoms with Gasteiger partial charge >= 0.3 is 0 Å². The normalized spacial score (nSPS) is 14.9. The summed E-state index contributed by atoms with van der Waals surface area (Å²) in [5, 5.41) is 10.7. The first-order valence-electron chi connectivity index (χ1n) is 10.6. The van der Waals surface area contributed by atoms with Gasteiger partial charge in [-0.1, -0.05) is 30.3 Å². The number of allylic oxidation sites excluding steroid dienone is 1. The van der Waals surface area contributed by atoms with E-state index in [1.807, 2.05) is 24.3 Å². The third-order valence-corrected chi connectivity index (χ3v) is 5.56. The molecule has 0 saturated carbocycles. The van der Waals surface area contributed by atoms with E-state index in [1.165, 1.54) is 10.7 Å². The maximum Gasteiger partial charge on any atom is 0.255 e. The fraction of sp³-hybridized carbons (Fsp3) is 0.120. The molecule has 4 aromatic rings. The Morgan fingerprint density at radius 2 is 1.91 bits per heavy atom. The van der Waals surface area contributed by atoms with Crippen LogP contribution in [0.5, 0.6) is 5.75 Å². The van der Waals surface area contributed by atoms with Gasteiger partial charge in [-0.3, -0.25) is 9.78 Å². The standard InChI is InChI=1S/C25H21FN6O2/c1-15-21(24(33)29-16-8-7-13-27-14-16)22(17-9-3-5-11-19(17)26)32-25(28-15)30-23(31-32)18-10-4-6-12-20(18)34-2/h3-14,22H,1-2H3,(H,29,33)(H,28,30,31)/t22-/m0/s1. The molecule has 0 saturated heterocycles. The van der Waals surface area contributed by atoms with Crippen molar-refractivity contribution in [3.05, 3.63) is 95.7 Å². The number of rotatable bonds is 5. The number of hydrogen-bond acceptors (Lipinski definition) is 6. The zero-order valence-electron chi connectivity index (χ0n) is 18.5. The Hall–Kier alpha value is -4.53. The van der Waals surface area contributed by atoms with Crippen LogP contribution in [0.2, 0.25) is 0 Å². The second kappa shape index (κ2) is 8.78. The fourth-order valence-electron chi connectivity index (χ4n) is 4.01. The molecule has 0 bridgehead atoms. The molecule has 34 heavy (non-hydrogen) atoms. The van der Waals surface area contributed by atoms with Crippen molar-refractivity contribution in [2.75, 3.05) is 17.7 Å². The minimum atomic E-state index is -0.843. The van der Waals surface area contributed by atoms with Crippen molar-refractivity contribution in [2.24, 2.45) is 0 Å². The Bertz CT molecular complexity index is 1400. The molecule has 3 heterocycles. The number of methoxy groups -OCH3 is 1. The minimum absolute atomic E-state index is 0.303. The topological polar surface area (TPSA) is 94.0 Å². The first-order chi connectivity index (χ1) is 16.6. The van der Waals surface area contributed by atoms with Gasteiger partial charge in [-0.15, -0.1) is 5.10 Å². The third-order valence-electron chi connectivity index (χ3n) is 5.56. The molecule has 8 nitrogen and oxygen atoms in total. The number of amides is 1. The van der Waals surface area contributed by atoms with E-state index in [0.29, 0.717) is 45.6 Å². The molecule has 5 rings (SSSR count). The molecule has 0 aliphatic carbocycles. The number of anilines is 2. The quantitative estimate of drug-likeness (QED) is 0.462. The largest absolute Gasteiger partial charge is 0.496 e. The van der Waals surface area contributed by atoms with Gasteiger partial charge in [-0.2, -0.15) is 4.98 Å². The molecule has 2 N–H and O–H groups in total. The van der Waals surface area contributed by atoms with E-state index >= 15 is 4.39 Å². The van der Waals surface area contributed by atoms with Crippen molar-refractivity contribution in [3.8, 4) is 17.1 Å². The van der Waals surface area contributed by atoms with Crippen molar-refractivity contribution in [1.29, 1.82) is 0 Å². The maximum atomic E-state index is 15.0. The van der Waals surface area contributed by atoms with Crippen LogP contribution in [0.25, 0.3) is 11.4 Å². The number of para-hydroxylation sites is 1. The lowest BCUT2D eigenvalue weighted by atomic mass is 9.94. The van der Waals surface area contributed by atoms with Gasteiger partial charge in [-0.25, -0.2) is 9.07 Å². The lowest BCUT2D eigenvalue weighted by Gasteiger charge is -2.28. The predicted octanol–water partition coefficient (Wildman–Crippen LogP) is 4.42. The van der Waals surface area contributed by atoms with E-state index in [4.69, 9.17) is 4.74 Å². The first-order valence-corrected chi connectivity index (χ1v) is 10.6. The summed E-state index contributed by atoms with van der Waals surface area (Å²) in [6, 6.07) is 16.3. The summed E-state index contributed by atoms with van der Waals surface area (Å²) in [6.07, 6.45) is 3.16. The van der Waals surface area contributed by atoms with Crippen molar-refractivity contribution in [2.45, 2.75) is 13.0 Å². The maximum absolute atomic E-state index is 15.0. The highest BCUT2D eigenvalue weighted by Crippen LogP contribution is 2.38. The lowest BCUT2D eigenvalue weighted by Crippen LogP contribution is -2.32. The Balaban J connectivity index is 1.64. The summed E-state index contributed by atoms with van der Waals surface area (Å²) in [7, 11) is 1.57. The molecule has 1 atom stereocenters. The molecule has 2 aromatic carbocycles. The number of pyridine rings is 1. The van der Waals surface area contributed by atoms with Gasteiger partial charge in [0.15, 0.2) is 5.82 Å². The van der Waals surface area contributed by atoms with Crippen LogP contribution in [0.1, 0.15) is 18.5 Å². The molecule has 0 radical (unpaired) electrons. The van der Waals surface area contributed by atoms with Gasteiger partial charge in [0.2, 0.25) is 5.95 Å². The van der Waals surface area contributed by atoms with E-state index in [2.05, 4.69) is 25.7 Å². The van der Waals surface area contributed by atoms with Gasteiger partial charge in [-0.05, 0) is 37.3 Å². The molecule has 0 unspecified atom stereocenters. The van der Waals surface area contributed by atoms with E-state index in [9.17, 15) is 4.79 Å². The number of hydrogen-bond donors (Lipinski definition) is 2. The first kappa shape index (κ1) is 21.3. The number of ether oxygens (including phenoxy) is 1. The van der Waals surface area contributed by atoms with Gasteiger partial charge in [0.05, 0.1) is 30.1 Å². The number of nitrogens with one attached hydrogen (secondary N) is 2. The van der Waals surface area contributed by atoms with E-state index < -0.39 is 17.8 Å². The molecule has 170 valence electrons. The number of aromatic nitrogens is 4. The zero-order valence-corrected chi connectivity index (χ0v) is 18.5. The summed E-state index contributed by atoms with van der Waals surface area (Å²) in [5.41, 5.74) is 2.37. The van der Waals surface area contributed by atoms with Crippen molar-refractivity contribution in [3.63, 3.8) is 0 Å². The summed E-state index contributed by atoms with van der Waals surface area (Å²) < 4.78 is 22.0. The van der Waals surface area contributed by atoms with Crippen LogP contribution in [-0.4, -0.2) is 32.8 Å². The van der Waals surface area contributed by atoms with E-state index in [0.717, 1.165) is 0 Å². The highest BCUT2D eigenvalue weighted by atomic mass is 19.1. The highest BCUT2D eigenvalue weighted by molar-refractivity contribution is 6.06. The number of halogens is 1. The van der Waals surface area contributed by atoms with E-state index in [-0.39, 0.29) is 0 Å². The second-order valence-corrected chi connectivity index (χ2v) is 7.69. The molecule has 0 spiro atoms. The fourth-order valence-corrected chi connectivity index (χ4v) is 4.01. The molecule has 0 fully saturated rings. The smallest absolute Gasteiger partial charge is 0.255 e. The van der Waals surface area contributed by atoms with E-state index in [1.54, 1.807) is 56.8 Å². The average molecular weight is 456 g/mol. The van der Waals surface area contributed by atoms with Crippen molar-refractivity contribution < 1.29 is 13.9 Å². The molecule has 1 aliphatic rings. The third kappa shape index (κ3) is 3.77. The number of carbonyl (C=O) groups excluding carboxylic acids is 1. The highest BCUT2D eigenvalue weighted by Gasteiger charge is 2.36. The van der Waals surface area contributed by atoms with Crippen LogP contribution in [0.15, 0.2) is 84.3 Å². The Kier molecular flexibility index (Phi) is 5.51. The average Bonchev–Trinajstić information content (AvgIpc) is 3.27. The SMILES string of the molecule is COc1ccccc1-c1nc2n(n1)[C@@H](c1ccccc1F)C(C(=O)Nc1cccnc1)=C(C)N2. The van der Waals surface area contributed by atoms with Gasteiger partial charge in [0.25, 0.3) is 5.91 Å². The lowest BCUT2D eigenvalue weighted by molar-refractivity contribution is -0.113. The summed E-state index contributed by atoms with van der Waals surface area (Å²) in [4.78, 5) is 22.1. The van der Waals surface area contributed by atoms with Crippen molar-refractivity contribution in [1.82, 2.24) is 19.7 Å². The monoisotopic (exact) mass is 456 g/mol. The molecule has 1 amide bonds. The second-order valence-electron chi connectivity index (χ2n) is 7.69. The number of benzene rings is 2. The Morgan fingerprint density at radius 3 is 2.68 bits per heavy atom. The molecule has 2 aromatic heterocycles. The predicted molar refractivity (Wildman–Crippen MR) is 126 cm³/mol. The van der Waals surface area contributed by atoms with Crippen LogP contribution in [0, 0.1) is 5.82 Å². The summed E-state index contributed by atoms with van der Waals surface area (Å²) in [5.74, 6) is 0.542. The van der Waals surface area contributed by atoms with Gasteiger partial charge < -0.3 is 15.4 Å². The Morgan fingerprint density at radius 1 is 1.12 bits per heavy atom. The number of carbonyl (C=O) groups is 1. The molecule has 9 heteroatoms. The number of nitrogens with zero attached hydrogens (tertiary/aromatic N) is 4. The van der Waals surface area contributed by atoms with Crippen LogP contribution in [-0.2, 0) is 4.79 Å². The Labute approximate surface area is 195 Å². The van der Waals surface area contributed by atoms with Crippen LogP contribution in [0.4, 0.5) is 16.0 Å². The number of fused-ring (bicyclic) bond motifs is 1. The minimum Gasteiger partial charge on any atom is -0.496 e. The molecule has 1 aliphatic heterocycles. The van der Waals surface area contributed by atoms with Crippen LogP contribution < -0.4 is 15.4 Å². The summed E-state index contributed by atoms with van der Waals surface area (Å²) in [6.45, 7) is 1.76. The summed E-state index contributed by atoms with van der Waals surface area (Å²) >= 11 is 0. The van der Waals surface area contributed by atoms with Gasteiger partial charge in [0.1, 0.15) is 17.6 Å². The van der Waals surface area contributed by atoms with Gasteiger partial charge in [0, 0.05) is 17.5 Å². The van der Waals surface area contributed by atoms with Crippen LogP contribution in [0.3, 0.4) is 0 Å². The zero-order chi connectivity index (χ0) is 23.7. The molecular weight excluding hydrogens is 435 g/mol. The molecular formula is C25H21FN6O2. The van der Waals surface area contributed by atoms with Crippen molar-refractivity contribution >= 4 is 17.5 Å².